The van der Waals surface area contributed by atoms with Gasteiger partial charge < -0.3 is 0 Å². The van der Waals surface area contributed by atoms with Crippen molar-refractivity contribution in [2.24, 2.45) is 0 Å². The third kappa shape index (κ3) is 8.96. The number of anilines is 1. The molecular weight excluding hydrogens is 382 g/mol. The number of aryl methyl sites for hydroxylation is 1. The Balaban J connectivity index is 1.75. The maximum absolute atomic E-state index is 12.7. The highest BCUT2D eigenvalue weighted by molar-refractivity contribution is 7.89. The van der Waals surface area contributed by atoms with Gasteiger partial charge in [-0.05, 0) is 36.6 Å². The normalized spacial score (nSPS) is 11.5. The van der Waals surface area contributed by atoms with Crippen LogP contribution in [0.4, 0.5) is 5.82 Å². The zero-order valence-corrected chi connectivity index (χ0v) is 18.4. The summed E-state index contributed by atoms with van der Waals surface area (Å²) in [7, 11) is -3.65. The molecule has 0 aliphatic heterocycles. The van der Waals surface area contributed by atoms with Gasteiger partial charge in [0.25, 0.3) is 10.0 Å². The van der Waals surface area contributed by atoms with E-state index in [2.05, 4.69) is 22.2 Å². The van der Waals surface area contributed by atoms with Crippen molar-refractivity contribution in [2.75, 3.05) is 5.43 Å². The second kappa shape index (κ2) is 13.3. The first-order valence-electron chi connectivity index (χ1n) is 10.9. The Bertz CT molecular complexity index is 795. The number of sulfonamides is 1. The molecule has 1 aromatic carbocycles. The van der Waals surface area contributed by atoms with E-state index < -0.39 is 10.0 Å². The minimum Gasteiger partial charge on any atom is -0.292 e. The molecule has 1 heterocycles. The molecule has 0 aliphatic rings. The molecule has 29 heavy (non-hydrogen) atoms. The van der Waals surface area contributed by atoms with E-state index in [1.54, 1.807) is 36.5 Å². The van der Waals surface area contributed by atoms with Crippen molar-refractivity contribution in [2.45, 2.75) is 82.4 Å². The van der Waals surface area contributed by atoms with Crippen molar-refractivity contribution in [3.8, 4) is 0 Å². The van der Waals surface area contributed by atoms with Gasteiger partial charge in [0.2, 0.25) is 0 Å². The van der Waals surface area contributed by atoms with E-state index in [1.807, 2.05) is 12.1 Å². The van der Waals surface area contributed by atoms with Crippen molar-refractivity contribution >= 4 is 15.8 Å². The summed E-state index contributed by atoms with van der Waals surface area (Å²) in [5.74, 6) is 0.461. The van der Waals surface area contributed by atoms with Gasteiger partial charge in [-0.1, -0.05) is 89.0 Å². The third-order valence-electron chi connectivity index (χ3n) is 5.04. The summed E-state index contributed by atoms with van der Waals surface area (Å²) in [5, 5.41) is 0. The fourth-order valence-corrected chi connectivity index (χ4v) is 4.51. The number of pyridine rings is 1. The predicted molar refractivity (Wildman–Crippen MR) is 120 cm³/mol. The maximum atomic E-state index is 12.7. The van der Waals surface area contributed by atoms with E-state index in [0.29, 0.717) is 10.7 Å². The number of nitrogens with zero attached hydrogens (tertiary/aromatic N) is 1. The van der Waals surface area contributed by atoms with Crippen LogP contribution in [0.25, 0.3) is 0 Å². The van der Waals surface area contributed by atoms with Gasteiger partial charge in [0.15, 0.2) is 0 Å². The number of aromatic nitrogens is 1. The molecule has 0 saturated carbocycles. The fourth-order valence-electron chi connectivity index (χ4n) is 3.39. The standard InChI is InChI=1S/C23H35N3O2S/c1-2-3-4-5-6-7-8-9-10-11-16-21-17-12-13-18-22(21)29(27,28)26-25-23-19-14-15-20-24-23/h12-15,17-20,26H,2-11,16H2,1H3,(H,24,25). The summed E-state index contributed by atoms with van der Waals surface area (Å²) in [6.45, 7) is 2.25. The van der Waals surface area contributed by atoms with Crippen LogP contribution in [0.15, 0.2) is 53.6 Å². The lowest BCUT2D eigenvalue weighted by Crippen LogP contribution is -2.30. The van der Waals surface area contributed by atoms with Gasteiger partial charge in [0.1, 0.15) is 5.82 Å². The lowest BCUT2D eigenvalue weighted by Gasteiger charge is -2.12. The number of nitrogens with one attached hydrogen (secondary N) is 2. The van der Waals surface area contributed by atoms with Crippen LogP contribution in [0.2, 0.25) is 0 Å². The van der Waals surface area contributed by atoms with Crippen LogP contribution in [0.1, 0.15) is 76.7 Å². The second-order valence-corrected chi connectivity index (χ2v) is 9.14. The van der Waals surface area contributed by atoms with Gasteiger partial charge in [-0.2, -0.15) is 0 Å². The monoisotopic (exact) mass is 417 g/mol. The molecule has 0 spiro atoms. The minimum absolute atomic E-state index is 0.333. The molecule has 0 fully saturated rings. The van der Waals surface area contributed by atoms with Crippen LogP contribution in [-0.4, -0.2) is 13.4 Å². The molecule has 0 radical (unpaired) electrons. The quantitative estimate of drug-likeness (QED) is 0.282. The third-order valence-corrected chi connectivity index (χ3v) is 6.39. The summed E-state index contributed by atoms with van der Waals surface area (Å²) in [5.41, 5.74) is 3.53. The Morgan fingerprint density at radius 1 is 0.793 bits per heavy atom. The first kappa shape index (κ1) is 23.4. The number of hydrazine groups is 1. The van der Waals surface area contributed by atoms with Gasteiger partial charge in [-0.25, -0.2) is 13.4 Å². The van der Waals surface area contributed by atoms with E-state index >= 15 is 0 Å². The molecule has 1 aromatic heterocycles. The van der Waals surface area contributed by atoms with E-state index in [1.165, 1.54) is 51.4 Å². The van der Waals surface area contributed by atoms with Crippen LogP contribution in [0.3, 0.4) is 0 Å². The van der Waals surface area contributed by atoms with Crippen molar-refractivity contribution in [1.29, 1.82) is 0 Å². The van der Waals surface area contributed by atoms with E-state index in [0.717, 1.165) is 24.8 Å². The molecule has 0 aliphatic carbocycles. The maximum Gasteiger partial charge on any atom is 0.257 e. The molecule has 0 atom stereocenters. The van der Waals surface area contributed by atoms with Gasteiger partial charge in [-0.3, -0.25) is 5.43 Å². The molecule has 2 aromatic rings. The Morgan fingerprint density at radius 3 is 2.07 bits per heavy atom. The molecule has 0 saturated heterocycles. The molecule has 2 N–H and O–H groups in total. The molecule has 160 valence electrons. The second-order valence-electron chi connectivity index (χ2n) is 7.49. The molecule has 0 unspecified atom stereocenters. The number of rotatable bonds is 15. The van der Waals surface area contributed by atoms with Crippen LogP contribution in [0, 0.1) is 0 Å². The summed E-state index contributed by atoms with van der Waals surface area (Å²) in [6, 6.07) is 12.5. The molecule has 0 bridgehead atoms. The Kier molecular flexibility index (Phi) is 10.7. The zero-order valence-electron chi connectivity index (χ0n) is 17.6. The summed E-state index contributed by atoms with van der Waals surface area (Å²) in [4.78, 5) is 6.83. The number of unbranched alkanes of at least 4 members (excludes halogenated alkanes) is 9. The van der Waals surface area contributed by atoms with Gasteiger partial charge in [0, 0.05) is 6.20 Å². The Hall–Kier alpha value is -1.92. The van der Waals surface area contributed by atoms with Gasteiger partial charge >= 0.3 is 0 Å². The number of benzene rings is 1. The van der Waals surface area contributed by atoms with Crippen LogP contribution in [-0.2, 0) is 16.4 Å². The van der Waals surface area contributed by atoms with Crippen molar-refractivity contribution in [3.05, 3.63) is 54.2 Å². The average Bonchev–Trinajstić information content (AvgIpc) is 2.75. The first-order chi connectivity index (χ1) is 14.1. The van der Waals surface area contributed by atoms with Gasteiger partial charge in [-0.15, -0.1) is 4.83 Å². The Morgan fingerprint density at radius 2 is 1.41 bits per heavy atom. The van der Waals surface area contributed by atoms with Crippen LogP contribution < -0.4 is 10.3 Å². The number of hydrogen-bond donors (Lipinski definition) is 2. The summed E-state index contributed by atoms with van der Waals surface area (Å²) < 4.78 is 25.4. The van der Waals surface area contributed by atoms with Crippen molar-refractivity contribution in [1.82, 2.24) is 9.82 Å². The van der Waals surface area contributed by atoms with E-state index in [-0.39, 0.29) is 0 Å². The topological polar surface area (TPSA) is 71.1 Å². The molecule has 2 rings (SSSR count). The van der Waals surface area contributed by atoms with Crippen LogP contribution >= 0.6 is 0 Å². The zero-order chi connectivity index (χ0) is 20.8. The van der Waals surface area contributed by atoms with E-state index in [9.17, 15) is 8.42 Å². The van der Waals surface area contributed by atoms with Gasteiger partial charge in [0.05, 0.1) is 4.90 Å². The lowest BCUT2D eigenvalue weighted by atomic mass is 10.0. The van der Waals surface area contributed by atoms with Crippen molar-refractivity contribution in [3.63, 3.8) is 0 Å². The molecule has 6 heteroatoms. The van der Waals surface area contributed by atoms with Crippen LogP contribution in [0.5, 0.6) is 0 Å². The summed E-state index contributed by atoms with van der Waals surface area (Å²) >= 11 is 0. The first-order valence-corrected chi connectivity index (χ1v) is 12.4. The largest absolute Gasteiger partial charge is 0.292 e. The molecule has 5 nitrogen and oxygen atoms in total. The smallest absolute Gasteiger partial charge is 0.257 e. The van der Waals surface area contributed by atoms with E-state index in [4.69, 9.17) is 0 Å². The lowest BCUT2D eigenvalue weighted by molar-refractivity contribution is 0.555. The Labute approximate surface area is 176 Å². The molecule has 0 amide bonds. The highest BCUT2D eigenvalue weighted by Crippen LogP contribution is 2.19. The SMILES string of the molecule is CCCCCCCCCCCCc1ccccc1S(=O)(=O)NNc1ccccn1. The van der Waals surface area contributed by atoms with Crippen molar-refractivity contribution < 1.29 is 8.42 Å². The minimum atomic E-state index is -3.65. The predicted octanol–water partition coefficient (Wildman–Crippen LogP) is 5.85. The highest BCUT2D eigenvalue weighted by atomic mass is 32.2. The highest BCUT2D eigenvalue weighted by Gasteiger charge is 2.17. The summed E-state index contributed by atoms with van der Waals surface area (Å²) in [6.07, 6.45) is 15.1. The average molecular weight is 418 g/mol. The molecular formula is C23H35N3O2S. The fraction of sp³-hybridized carbons (Fsp3) is 0.522. The number of hydrogen-bond acceptors (Lipinski definition) is 4.